The number of rotatable bonds is 12. The zero-order chi connectivity index (χ0) is 28.5. The Labute approximate surface area is 241 Å². The van der Waals surface area contributed by atoms with Gasteiger partial charge in [-0.3, -0.25) is 4.18 Å². The third-order valence-corrected chi connectivity index (χ3v) is 8.11. The second-order valence-electron chi connectivity index (χ2n) is 9.92. The van der Waals surface area contributed by atoms with E-state index in [0.29, 0.717) is 6.61 Å². The second-order valence-corrected chi connectivity index (χ2v) is 11.5. The van der Waals surface area contributed by atoms with Gasteiger partial charge >= 0.3 is 0 Å². The quantitative estimate of drug-likeness (QED) is 0.198. The van der Waals surface area contributed by atoms with Crippen LogP contribution >= 0.6 is 0 Å². The fraction of sp³-hybridized carbons (Fsp3) is 0.273. The number of hydrogen-bond acceptors (Lipinski definition) is 7. The van der Waals surface area contributed by atoms with Crippen molar-refractivity contribution in [3.05, 3.63) is 138 Å². The van der Waals surface area contributed by atoms with Gasteiger partial charge in [0.05, 0.1) is 31.3 Å². The van der Waals surface area contributed by atoms with Gasteiger partial charge in [-0.1, -0.05) is 109 Å². The molecular formula is C33H34O7S. The lowest BCUT2D eigenvalue weighted by molar-refractivity contribution is -0.283. The van der Waals surface area contributed by atoms with Gasteiger partial charge in [0.25, 0.3) is 10.1 Å². The third-order valence-electron chi connectivity index (χ3n) is 6.78. The molecule has 1 aliphatic heterocycles. The van der Waals surface area contributed by atoms with E-state index in [4.69, 9.17) is 23.1 Å². The fourth-order valence-electron chi connectivity index (χ4n) is 4.54. The summed E-state index contributed by atoms with van der Waals surface area (Å²) in [5.74, 6) is 0. The largest absolute Gasteiger partial charge is 0.368 e. The van der Waals surface area contributed by atoms with Gasteiger partial charge in [0.15, 0.2) is 12.4 Å². The molecule has 4 aromatic rings. The first kappa shape index (κ1) is 29.1. The third kappa shape index (κ3) is 8.10. The van der Waals surface area contributed by atoms with Crippen LogP contribution in [0.25, 0.3) is 0 Å². The summed E-state index contributed by atoms with van der Waals surface area (Å²) >= 11 is 0. The van der Waals surface area contributed by atoms with E-state index in [1.54, 1.807) is 12.1 Å². The Bertz CT molecular complexity index is 1450. The van der Waals surface area contributed by atoms with Crippen molar-refractivity contribution < 1.29 is 31.5 Å². The average molecular weight is 575 g/mol. The van der Waals surface area contributed by atoms with Gasteiger partial charge < -0.3 is 18.9 Å². The maximum Gasteiger partial charge on any atom is 0.297 e. The SMILES string of the molecule is Cc1ccc(S(=O)(=O)O[C@H]2C(OCc3ccccc3)OCC(OCc3ccccc3)C2OCc2ccccc2)cc1. The summed E-state index contributed by atoms with van der Waals surface area (Å²) in [5.41, 5.74) is 3.76. The van der Waals surface area contributed by atoms with Gasteiger partial charge in [-0.05, 0) is 35.7 Å². The van der Waals surface area contributed by atoms with Gasteiger partial charge in [-0.2, -0.15) is 8.42 Å². The van der Waals surface area contributed by atoms with Crippen LogP contribution in [0.5, 0.6) is 0 Å². The highest BCUT2D eigenvalue weighted by molar-refractivity contribution is 7.86. The first-order valence-corrected chi connectivity index (χ1v) is 15.0. The van der Waals surface area contributed by atoms with E-state index in [1.165, 1.54) is 12.1 Å². The summed E-state index contributed by atoms with van der Waals surface area (Å²) in [4.78, 5) is 0.0408. The smallest absolute Gasteiger partial charge is 0.297 e. The Morgan fingerprint density at radius 2 is 1.12 bits per heavy atom. The molecule has 0 aliphatic carbocycles. The molecule has 4 atom stereocenters. The summed E-state index contributed by atoms with van der Waals surface area (Å²) in [5, 5.41) is 0. The van der Waals surface area contributed by atoms with Gasteiger partial charge in [0.2, 0.25) is 0 Å². The van der Waals surface area contributed by atoms with E-state index >= 15 is 0 Å². The number of benzene rings is 4. The maximum atomic E-state index is 13.5. The predicted octanol–water partition coefficient (Wildman–Crippen LogP) is 5.81. The highest BCUT2D eigenvalue weighted by Crippen LogP contribution is 2.30. The summed E-state index contributed by atoms with van der Waals surface area (Å²) in [6, 6.07) is 35.5. The number of ether oxygens (including phenoxy) is 4. The highest BCUT2D eigenvalue weighted by atomic mass is 32.2. The van der Waals surface area contributed by atoms with Crippen LogP contribution in [0.15, 0.2) is 120 Å². The standard InChI is InChI=1S/C33H34O7S/c1-25-17-19-29(20-18-25)41(34,35)40-32-31(37-22-27-13-7-3-8-14-27)30(36-21-26-11-5-2-6-12-26)24-39-33(32)38-23-28-15-9-4-10-16-28/h2-20,30-33H,21-24H2,1H3/t30?,31?,32-,33?/m1/s1. The van der Waals surface area contributed by atoms with E-state index in [-0.39, 0.29) is 24.7 Å². The molecule has 0 radical (unpaired) electrons. The Morgan fingerprint density at radius 3 is 1.66 bits per heavy atom. The molecule has 3 unspecified atom stereocenters. The lowest BCUT2D eigenvalue weighted by Crippen LogP contribution is -2.57. The molecule has 4 aromatic carbocycles. The van der Waals surface area contributed by atoms with Crippen LogP contribution in [0.4, 0.5) is 0 Å². The highest BCUT2D eigenvalue weighted by Gasteiger charge is 2.46. The molecule has 1 saturated heterocycles. The average Bonchev–Trinajstić information content (AvgIpc) is 3.00. The van der Waals surface area contributed by atoms with Gasteiger partial charge in [0.1, 0.15) is 12.2 Å². The molecule has 0 saturated carbocycles. The molecule has 5 rings (SSSR count). The van der Waals surface area contributed by atoms with Crippen molar-refractivity contribution in [1.29, 1.82) is 0 Å². The van der Waals surface area contributed by atoms with E-state index in [9.17, 15) is 8.42 Å². The number of hydrogen-bond donors (Lipinski definition) is 0. The van der Waals surface area contributed by atoms with Gasteiger partial charge in [0, 0.05) is 0 Å². The molecule has 1 heterocycles. The molecule has 0 aromatic heterocycles. The Balaban J connectivity index is 1.43. The predicted molar refractivity (Wildman–Crippen MR) is 154 cm³/mol. The molecule has 0 N–H and O–H groups in total. The Morgan fingerprint density at radius 1 is 0.634 bits per heavy atom. The monoisotopic (exact) mass is 574 g/mol. The van der Waals surface area contributed by atoms with E-state index < -0.39 is 34.7 Å². The minimum atomic E-state index is -4.19. The number of aryl methyl sites for hydroxylation is 1. The Hall–Kier alpha value is -3.37. The molecule has 0 amide bonds. The molecule has 1 fully saturated rings. The van der Waals surface area contributed by atoms with E-state index in [2.05, 4.69) is 0 Å². The van der Waals surface area contributed by atoms with Crippen molar-refractivity contribution in [2.75, 3.05) is 6.61 Å². The first-order chi connectivity index (χ1) is 20.0. The maximum absolute atomic E-state index is 13.5. The van der Waals surface area contributed by atoms with Crippen LogP contribution in [-0.4, -0.2) is 39.6 Å². The summed E-state index contributed by atoms with van der Waals surface area (Å²) in [7, 11) is -4.19. The van der Waals surface area contributed by atoms with Crippen molar-refractivity contribution >= 4 is 10.1 Å². The van der Waals surface area contributed by atoms with Crippen LogP contribution in [0, 0.1) is 6.92 Å². The van der Waals surface area contributed by atoms with Crippen molar-refractivity contribution in [1.82, 2.24) is 0 Å². The second kappa shape index (κ2) is 14.0. The summed E-state index contributed by atoms with van der Waals surface area (Å²) in [6.45, 7) is 2.76. The van der Waals surface area contributed by atoms with Crippen LogP contribution in [0.2, 0.25) is 0 Å². The summed E-state index contributed by atoms with van der Waals surface area (Å²) < 4.78 is 57.8. The van der Waals surface area contributed by atoms with Crippen molar-refractivity contribution in [3.8, 4) is 0 Å². The zero-order valence-electron chi connectivity index (χ0n) is 22.9. The molecule has 0 bridgehead atoms. The fourth-order valence-corrected chi connectivity index (χ4v) is 5.61. The lowest BCUT2D eigenvalue weighted by Gasteiger charge is -2.41. The van der Waals surface area contributed by atoms with Crippen LogP contribution in [-0.2, 0) is 53.1 Å². The van der Waals surface area contributed by atoms with Crippen LogP contribution in [0.3, 0.4) is 0 Å². The molecule has 8 heteroatoms. The van der Waals surface area contributed by atoms with Gasteiger partial charge in [-0.25, -0.2) is 0 Å². The molecule has 214 valence electrons. The molecule has 41 heavy (non-hydrogen) atoms. The minimum Gasteiger partial charge on any atom is -0.368 e. The van der Waals surface area contributed by atoms with E-state index in [0.717, 1.165) is 22.3 Å². The topological polar surface area (TPSA) is 80.3 Å². The molecule has 1 aliphatic rings. The van der Waals surface area contributed by atoms with Crippen LogP contribution < -0.4 is 0 Å². The summed E-state index contributed by atoms with van der Waals surface area (Å²) in [6.07, 6.45) is -3.58. The molecular weight excluding hydrogens is 540 g/mol. The zero-order valence-corrected chi connectivity index (χ0v) is 23.7. The van der Waals surface area contributed by atoms with Gasteiger partial charge in [-0.15, -0.1) is 0 Å². The van der Waals surface area contributed by atoms with Crippen molar-refractivity contribution in [2.24, 2.45) is 0 Å². The molecule has 7 nitrogen and oxygen atoms in total. The molecule has 0 spiro atoms. The van der Waals surface area contributed by atoms with E-state index in [1.807, 2.05) is 97.9 Å². The minimum absolute atomic E-state index is 0.0408. The Kier molecular flexibility index (Phi) is 9.95. The normalized spacial score (nSPS) is 21.0. The van der Waals surface area contributed by atoms with Crippen LogP contribution in [0.1, 0.15) is 22.3 Å². The van der Waals surface area contributed by atoms with Crippen molar-refractivity contribution in [3.63, 3.8) is 0 Å². The van der Waals surface area contributed by atoms with Crippen molar-refractivity contribution in [2.45, 2.75) is 56.2 Å². The lowest BCUT2D eigenvalue weighted by atomic mass is 10.0. The first-order valence-electron chi connectivity index (χ1n) is 13.6.